The van der Waals surface area contributed by atoms with Crippen LogP contribution in [0, 0.1) is 39.4 Å². The fourth-order valence-corrected chi connectivity index (χ4v) is 13.1. The molecule has 0 aromatic rings. The van der Waals surface area contributed by atoms with Gasteiger partial charge in [-0.2, -0.15) is 22.8 Å². The molecule has 3 fully saturated rings. The van der Waals surface area contributed by atoms with E-state index in [2.05, 4.69) is 5.32 Å². The van der Waals surface area contributed by atoms with Crippen molar-refractivity contribution in [3.8, 4) is 0 Å². The second-order valence-electron chi connectivity index (χ2n) is 21.8. The van der Waals surface area contributed by atoms with E-state index in [1.807, 2.05) is 54.5 Å². The standard InChI is InChI=1S/C48H74N11O11P.Co/c1-23(70-71(67,68)69)22-55-38(66)16-17-45(6)29(18-35(52)63)43-48(9)47(8,21-37(54)65)28(12-15-34(51)62)40(59-48)25(3)42-46(7,20-36(53)64)26(10-13-32(49)60)30(56-42)19-31-44(4,5)27(11-14-33(50)61)39(57-31)24(2)41(45)58-43;/h19,23,26-28,31,40-41H,10-18,20-22H2,1-9H3,(H2,49,60)(H2,50,61)(H2,51,62)(H2,52,63)(H2,53,64)(H2,54,65)(H,55,66)(H2,67,68,69);/q-4;/b30-19-,39-24-,42-25-;/t23-,26-,27-,28-,31?,40?,41?,45-,46+,47+,48+;/m1./s1. The molecule has 24 heteroatoms. The van der Waals surface area contributed by atoms with Crippen molar-refractivity contribution < 1.29 is 69.2 Å². The van der Waals surface area contributed by atoms with Crippen molar-refractivity contribution in [2.45, 2.75) is 163 Å². The molecule has 5 aliphatic rings. The summed E-state index contributed by atoms with van der Waals surface area (Å²) >= 11 is 0. The molecule has 11 atom stereocenters. The number of nitrogens with one attached hydrogen (secondary N) is 1. The van der Waals surface area contributed by atoms with Crippen LogP contribution in [0.4, 0.5) is 0 Å². The fraction of sp³-hybridized carbons (Fsp3) is 0.688. The molecule has 3 saturated heterocycles. The first kappa shape index (κ1) is 59.8. The van der Waals surface area contributed by atoms with Gasteiger partial charge in [0.05, 0.1) is 6.10 Å². The predicted molar refractivity (Wildman–Crippen MR) is 264 cm³/mol. The number of allylic oxidation sites excluding steroid dienone is 3. The number of rotatable bonds is 22. The molecule has 1 radical (unpaired) electrons. The number of hydrogen-bond acceptors (Lipinski definition) is 9. The minimum atomic E-state index is -4.86. The van der Waals surface area contributed by atoms with Gasteiger partial charge in [-0.1, -0.05) is 59.2 Å². The Balaban J connectivity index is 0.0000112. The number of nitrogens with two attached hydrogens (primary N) is 6. The number of carbonyl (C=O) groups is 7. The molecule has 7 amide bonds. The Morgan fingerprint density at radius 3 is 1.82 bits per heavy atom. The van der Waals surface area contributed by atoms with Crippen molar-refractivity contribution in [3.05, 3.63) is 66.9 Å². The summed E-state index contributed by atoms with van der Waals surface area (Å²) in [5, 5.41) is 24.6. The minimum absolute atomic E-state index is 0. The van der Waals surface area contributed by atoms with Crippen LogP contribution in [-0.4, -0.2) is 87.5 Å². The summed E-state index contributed by atoms with van der Waals surface area (Å²) in [5.41, 5.74) is 33.3. The number of phosphoric ester groups is 1. The average molecular weight is 1070 g/mol. The van der Waals surface area contributed by atoms with Gasteiger partial charge in [0.2, 0.25) is 41.4 Å². The number of amides is 7. The second-order valence-corrected chi connectivity index (χ2v) is 23.0. The van der Waals surface area contributed by atoms with Crippen molar-refractivity contribution in [3.63, 3.8) is 0 Å². The number of primary amides is 6. The molecule has 0 aromatic heterocycles. The van der Waals surface area contributed by atoms with E-state index in [4.69, 9.17) is 60.2 Å². The van der Waals surface area contributed by atoms with Crippen LogP contribution in [0.1, 0.15) is 133 Å². The van der Waals surface area contributed by atoms with E-state index in [0.717, 1.165) is 0 Å². The van der Waals surface area contributed by atoms with Gasteiger partial charge in [0, 0.05) is 68.3 Å². The molecular formula is C48H74CoN11O11P-4. The van der Waals surface area contributed by atoms with Crippen molar-refractivity contribution in [2.24, 2.45) is 73.8 Å². The number of carbonyl (C=O) groups excluding carboxylic acids is 7. The predicted octanol–water partition coefficient (Wildman–Crippen LogP) is 3.81. The van der Waals surface area contributed by atoms with Crippen LogP contribution >= 0.6 is 7.82 Å². The SMILES string of the molecule is C/C1=C2/[N-]/C(=C\C3[N-]/C(=C(/C)C4[N-]C(=C(CC(N)=O)[C@@]4(C)CCC(=O)NC[C@@H](C)OP(=O)(O)O)[C@]4(C)[N-]C1[C@@H](CCC(N)=O)[C@]4(C)CC(N)=O)[C@@H](CCC(N)=O)C3(C)C)[C@@H](CCC(N)=O)[C@]2(C)CC(N)=O.[Co]. The van der Waals surface area contributed by atoms with Crippen LogP contribution in [-0.2, 0) is 59.4 Å². The third-order valence-electron chi connectivity index (χ3n) is 16.4. The topological polar surface area (TPSA) is 411 Å². The first-order valence-electron chi connectivity index (χ1n) is 24.1. The maximum atomic E-state index is 13.7. The summed E-state index contributed by atoms with van der Waals surface area (Å²) in [7, 11) is -4.86. The number of fused-ring (bicyclic) bond motifs is 9. The normalized spacial score (nSPS) is 34.7. The second kappa shape index (κ2) is 22.0. The Hall–Kier alpha value is -4.77. The number of nitrogens with zero attached hydrogens (tertiary/aromatic N) is 4. The maximum absolute atomic E-state index is 13.7. The van der Waals surface area contributed by atoms with E-state index in [1.165, 1.54) is 6.92 Å². The molecule has 8 bridgehead atoms. The van der Waals surface area contributed by atoms with Gasteiger partial charge in [-0.25, -0.2) is 4.57 Å². The van der Waals surface area contributed by atoms with Crippen LogP contribution in [0.25, 0.3) is 21.3 Å². The van der Waals surface area contributed by atoms with Gasteiger partial charge in [-0.15, -0.1) is 28.8 Å². The fourth-order valence-electron chi connectivity index (χ4n) is 12.6. The Labute approximate surface area is 432 Å². The molecule has 0 spiro atoms. The zero-order valence-electron chi connectivity index (χ0n) is 42.7. The Morgan fingerprint density at radius 1 is 0.736 bits per heavy atom. The summed E-state index contributed by atoms with van der Waals surface area (Å²) in [6, 6.07) is -2.37. The van der Waals surface area contributed by atoms with Crippen molar-refractivity contribution >= 4 is 49.2 Å². The molecule has 5 rings (SSSR count). The minimum Gasteiger partial charge on any atom is -0.682 e. The molecule has 15 N–H and O–H groups in total. The van der Waals surface area contributed by atoms with Gasteiger partial charge < -0.3 is 70.8 Å². The van der Waals surface area contributed by atoms with Gasteiger partial charge in [0.1, 0.15) is 0 Å². The summed E-state index contributed by atoms with van der Waals surface area (Å²) in [4.78, 5) is 110. The Kier molecular flexibility index (Phi) is 18.2. The van der Waals surface area contributed by atoms with E-state index >= 15 is 0 Å². The monoisotopic (exact) mass is 1070 g/mol. The van der Waals surface area contributed by atoms with Crippen molar-refractivity contribution in [2.75, 3.05) is 6.54 Å². The van der Waals surface area contributed by atoms with E-state index in [1.54, 1.807) is 6.92 Å². The van der Waals surface area contributed by atoms with Crippen LogP contribution < -0.4 is 39.7 Å². The molecule has 405 valence electrons. The molecule has 72 heavy (non-hydrogen) atoms. The third kappa shape index (κ3) is 11.9. The molecule has 0 aliphatic carbocycles. The molecular weight excluding hydrogens is 997 g/mol. The van der Waals surface area contributed by atoms with Crippen LogP contribution in [0.5, 0.6) is 0 Å². The smallest absolute Gasteiger partial charge is 0.469 e. The van der Waals surface area contributed by atoms with Gasteiger partial charge in [0.15, 0.2) is 0 Å². The Bertz CT molecular complexity index is 2400. The Morgan fingerprint density at radius 2 is 1.29 bits per heavy atom. The first-order chi connectivity index (χ1) is 32.6. The van der Waals surface area contributed by atoms with Crippen molar-refractivity contribution in [1.82, 2.24) is 5.32 Å². The zero-order valence-corrected chi connectivity index (χ0v) is 44.6. The van der Waals surface area contributed by atoms with Gasteiger partial charge in [0.25, 0.3) is 0 Å². The summed E-state index contributed by atoms with van der Waals surface area (Å²) in [6.45, 7) is 16.2. The van der Waals surface area contributed by atoms with Gasteiger partial charge >= 0.3 is 7.82 Å². The quantitative estimate of drug-likeness (QED) is 0.0702. The van der Waals surface area contributed by atoms with E-state index in [-0.39, 0.29) is 94.0 Å². The van der Waals surface area contributed by atoms with Crippen LogP contribution in [0.2, 0.25) is 0 Å². The molecule has 5 heterocycles. The molecule has 3 unspecified atom stereocenters. The molecule has 22 nitrogen and oxygen atoms in total. The maximum Gasteiger partial charge on any atom is 0.469 e. The molecule has 0 aromatic carbocycles. The summed E-state index contributed by atoms with van der Waals surface area (Å²) < 4.78 is 16.2. The van der Waals surface area contributed by atoms with E-state index in [0.29, 0.717) is 39.5 Å². The number of phosphoric acid groups is 1. The average Bonchev–Trinajstić information content (AvgIpc) is 3.83. The third-order valence-corrected chi connectivity index (χ3v) is 17.0. The van der Waals surface area contributed by atoms with E-state index in [9.17, 15) is 47.9 Å². The van der Waals surface area contributed by atoms with Gasteiger partial charge in [-0.05, 0) is 85.9 Å². The largest absolute Gasteiger partial charge is 0.682 e. The van der Waals surface area contributed by atoms with Gasteiger partial charge in [-0.3, -0.25) is 38.1 Å². The summed E-state index contributed by atoms with van der Waals surface area (Å²) in [5.74, 6) is -6.03. The first-order valence-corrected chi connectivity index (χ1v) is 25.6. The molecule has 5 aliphatic heterocycles. The van der Waals surface area contributed by atoms with Crippen LogP contribution in [0.15, 0.2) is 45.6 Å². The van der Waals surface area contributed by atoms with Crippen molar-refractivity contribution in [1.29, 1.82) is 0 Å². The van der Waals surface area contributed by atoms with Crippen LogP contribution in [0.3, 0.4) is 0 Å². The van der Waals surface area contributed by atoms with E-state index < -0.39 is 118 Å². The zero-order chi connectivity index (χ0) is 53.6. The number of hydrogen-bond donors (Lipinski definition) is 9. The molecule has 0 saturated carbocycles. The summed E-state index contributed by atoms with van der Waals surface area (Å²) in [6.07, 6.45) is 0.229.